The predicted molar refractivity (Wildman–Crippen MR) is 74.5 cm³/mol. The average molecular weight is 371 g/mol. The fourth-order valence-electron chi connectivity index (χ4n) is 2.17. The topological polar surface area (TPSA) is 107 Å². The zero-order valence-corrected chi connectivity index (χ0v) is 17.2. The molecule has 1 amide bonds. The summed E-state index contributed by atoms with van der Waals surface area (Å²) in [5, 5.41) is 20.4. The third-order valence-corrected chi connectivity index (χ3v) is 5.89. The van der Waals surface area contributed by atoms with Crippen LogP contribution in [0.5, 0.6) is 0 Å². The van der Waals surface area contributed by atoms with Crippen LogP contribution in [0.25, 0.3) is 0 Å². The molecule has 0 radical (unpaired) electrons. The number of aliphatic carboxylic acids is 1. The number of fused-ring (bicyclic) bond motifs is 1. The molecular weight excluding hydrogens is 357 g/mol. The van der Waals surface area contributed by atoms with Crippen LogP contribution in [0.1, 0.15) is 13.3 Å². The first-order chi connectivity index (χ1) is 9.88. The Morgan fingerprint density at radius 3 is 2.68 bits per heavy atom. The monoisotopic (exact) mass is 371 g/mol. The van der Waals surface area contributed by atoms with E-state index in [1.54, 1.807) is 0 Å². The van der Waals surface area contributed by atoms with Crippen LogP contribution >= 0.6 is 23.5 Å². The van der Waals surface area contributed by atoms with Gasteiger partial charge in [-0.2, -0.15) is 0 Å². The van der Waals surface area contributed by atoms with Crippen LogP contribution in [0.2, 0.25) is 0 Å². The van der Waals surface area contributed by atoms with Crippen molar-refractivity contribution in [3.63, 3.8) is 0 Å². The van der Waals surface area contributed by atoms with Gasteiger partial charge in [0.15, 0.2) is 0 Å². The minimum absolute atomic E-state index is 0. The number of esters is 1. The molecular formula is C12H14KNO6S2. The van der Waals surface area contributed by atoms with Crippen LogP contribution in [0, 0.1) is 5.92 Å². The number of nitrogens with zero attached hydrogens (tertiary/aromatic N) is 1. The van der Waals surface area contributed by atoms with E-state index < -0.39 is 29.3 Å². The number of carbonyl (C=O) groups is 3. The maximum Gasteiger partial charge on any atom is 1.00 e. The Hall–Kier alpha value is 0.446. The molecule has 7 nitrogen and oxygen atoms in total. The van der Waals surface area contributed by atoms with Gasteiger partial charge in [-0.05, 0) is 6.92 Å². The molecule has 0 bridgehead atoms. The first kappa shape index (κ1) is 20.5. The van der Waals surface area contributed by atoms with E-state index in [2.05, 4.69) is 4.74 Å². The smallest absolute Gasteiger partial charge is 0.543 e. The summed E-state index contributed by atoms with van der Waals surface area (Å²) in [5.74, 6) is -2.49. The van der Waals surface area contributed by atoms with Gasteiger partial charge >= 0.3 is 57.4 Å². The van der Waals surface area contributed by atoms with Gasteiger partial charge in [-0.15, -0.1) is 11.8 Å². The zero-order chi connectivity index (χ0) is 15.7. The fraction of sp³-hybridized carbons (Fsp3) is 0.583. The minimum Gasteiger partial charge on any atom is -0.543 e. The molecule has 2 aliphatic rings. The minimum atomic E-state index is -1.43. The second-order valence-corrected chi connectivity index (χ2v) is 7.07. The van der Waals surface area contributed by atoms with Crippen molar-refractivity contribution in [2.75, 3.05) is 12.9 Å². The Morgan fingerprint density at radius 2 is 2.18 bits per heavy atom. The van der Waals surface area contributed by atoms with Crippen molar-refractivity contribution < 1.29 is 80.7 Å². The first-order valence-electron chi connectivity index (χ1n) is 6.21. The Balaban J connectivity index is 0.00000242. The molecule has 0 aromatic carbocycles. The van der Waals surface area contributed by atoms with Crippen molar-refractivity contribution in [3.05, 3.63) is 9.93 Å². The Morgan fingerprint density at radius 1 is 1.55 bits per heavy atom. The molecule has 2 aliphatic heterocycles. The molecule has 1 N–H and O–H groups in total. The number of thioether (sulfide) groups is 2. The van der Waals surface area contributed by atoms with E-state index in [0.29, 0.717) is 9.99 Å². The zero-order valence-electron chi connectivity index (χ0n) is 12.4. The summed E-state index contributed by atoms with van der Waals surface area (Å²) < 4.78 is 4.94. The van der Waals surface area contributed by atoms with Gasteiger partial charge in [-0.25, -0.2) is 0 Å². The molecule has 0 saturated carbocycles. The molecule has 0 aromatic rings. The summed E-state index contributed by atoms with van der Waals surface area (Å²) >= 11 is 2.38. The number of hydrogen-bond donors (Lipinski definition) is 1. The van der Waals surface area contributed by atoms with Crippen molar-refractivity contribution in [2.45, 2.75) is 24.8 Å². The molecule has 2 rings (SSSR count). The number of carboxylic acid groups (broad SMARTS) is 1. The number of rotatable bonds is 6. The second kappa shape index (κ2) is 8.52. The number of hydrogen-bond acceptors (Lipinski definition) is 8. The Kier molecular flexibility index (Phi) is 7.93. The van der Waals surface area contributed by atoms with E-state index in [-0.39, 0.29) is 69.5 Å². The van der Waals surface area contributed by atoms with Crippen LogP contribution < -0.4 is 56.5 Å². The standard InChI is InChI=1S/C12H15NO6S2.K/c1-5(14)7-9(16)13-8(11(17)18)12(21-10(7)13)20-4-3-6(15)19-2;/h5,7,10,14H,3-4H2,1-2H3,(H,17,18);/q;+1/p-1/t5-,7+,10-;/m1./s1. The van der Waals surface area contributed by atoms with E-state index in [4.69, 9.17) is 0 Å². The Bertz CT molecular complexity index is 524. The van der Waals surface area contributed by atoms with E-state index in [1.165, 1.54) is 37.6 Å². The second-order valence-electron chi connectivity index (χ2n) is 4.58. The molecule has 1 saturated heterocycles. The summed E-state index contributed by atoms with van der Waals surface area (Å²) in [6.45, 7) is 1.50. The van der Waals surface area contributed by atoms with Crippen molar-refractivity contribution in [3.8, 4) is 0 Å². The van der Waals surface area contributed by atoms with Gasteiger partial charge in [-0.3, -0.25) is 14.5 Å². The maximum atomic E-state index is 11.9. The molecule has 2 heterocycles. The molecule has 1 fully saturated rings. The van der Waals surface area contributed by atoms with Crippen LogP contribution in [0.3, 0.4) is 0 Å². The van der Waals surface area contributed by atoms with E-state index >= 15 is 0 Å². The number of aliphatic hydroxyl groups is 1. The van der Waals surface area contributed by atoms with Gasteiger partial charge < -0.3 is 19.7 Å². The number of β-lactam (4-membered cyclic amide) rings is 1. The van der Waals surface area contributed by atoms with Gasteiger partial charge in [0, 0.05) is 5.75 Å². The summed E-state index contributed by atoms with van der Waals surface area (Å²) in [7, 11) is 1.28. The largest absolute Gasteiger partial charge is 1.00 e. The quantitative estimate of drug-likeness (QED) is 0.287. The van der Waals surface area contributed by atoms with E-state index in [9.17, 15) is 24.6 Å². The Labute approximate surface area is 178 Å². The van der Waals surface area contributed by atoms with Crippen molar-refractivity contribution in [2.24, 2.45) is 5.92 Å². The van der Waals surface area contributed by atoms with Gasteiger partial charge in [0.1, 0.15) is 5.37 Å². The van der Waals surface area contributed by atoms with Gasteiger partial charge in [0.05, 0.1) is 41.5 Å². The average Bonchev–Trinajstić information content (AvgIpc) is 2.72. The molecule has 22 heavy (non-hydrogen) atoms. The summed E-state index contributed by atoms with van der Waals surface area (Å²) in [4.78, 5) is 35.4. The molecule has 0 aromatic heterocycles. The summed E-state index contributed by atoms with van der Waals surface area (Å²) in [6.07, 6.45) is -0.696. The summed E-state index contributed by atoms with van der Waals surface area (Å²) in [6, 6.07) is 0. The van der Waals surface area contributed by atoms with Gasteiger partial charge in [0.25, 0.3) is 0 Å². The SMILES string of the molecule is COC(=O)CCSC1=C(C(=O)[O-])N2C(=O)[C@H]([C@@H](C)O)[C@H]2S1.[K+]. The molecule has 0 unspecified atom stereocenters. The van der Waals surface area contributed by atoms with Crippen LogP contribution in [0.15, 0.2) is 9.93 Å². The van der Waals surface area contributed by atoms with Crippen molar-refractivity contribution in [1.82, 2.24) is 4.90 Å². The number of aliphatic hydroxyl groups excluding tert-OH is 1. The maximum absolute atomic E-state index is 11.9. The van der Waals surface area contributed by atoms with Crippen LogP contribution in [-0.2, 0) is 19.1 Å². The third kappa shape index (κ3) is 3.91. The molecule has 3 atom stereocenters. The number of methoxy groups -OCH3 is 1. The first-order valence-corrected chi connectivity index (χ1v) is 8.08. The van der Waals surface area contributed by atoms with Crippen LogP contribution in [0.4, 0.5) is 0 Å². The molecule has 10 heteroatoms. The normalized spacial score (nSPS) is 24.3. The predicted octanol–water partition coefficient (Wildman–Crippen LogP) is -3.88. The number of carboxylic acids is 1. The van der Waals surface area contributed by atoms with Gasteiger partial charge in [0.2, 0.25) is 5.91 Å². The van der Waals surface area contributed by atoms with Gasteiger partial charge in [-0.1, -0.05) is 11.8 Å². The van der Waals surface area contributed by atoms with E-state index in [0.717, 1.165) is 4.90 Å². The van der Waals surface area contributed by atoms with Crippen molar-refractivity contribution >= 4 is 41.4 Å². The summed E-state index contributed by atoms with van der Waals surface area (Å²) in [5.41, 5.74) is -0.165. The fourth-order valence-corrected chi connectivity index (χ4v) is 5.08. The molecule has 0 aliphatic carbocycles. The number of carbonyl (C=O) groups excluding carboxylic acids is 3. The molecule has 0 spiro atoms. The number of ether oxygens (including phenoxy) is 1. The number of amides is 1. The molecule has 116 valence electrons. The third-order valence-electron chi connectivity index (χ3n) is 3.23. The van der Waals surface area contributed by atoms with Crippen molar-refractivity contribution in [1.29, 1.82) is 0 Å². The van der Waals surface area contributed by atoms with E-state index in [1.807, 2.05) is 0 Å². The van der Waals surface area contributed by atoms with Crippen LogP contribution in [-0.4, -0.2) is 52.2 Å².